The summed E-state index contributed by atoms with van der Waals surface area (Å²) in [6.45, 7) is 9.61. The predicted octanol–water partition coefficient (Wildman–Crippen LogP) is 2.65. The van der Waals surface area contributed by atoms with Crippen molar-refractivity contribution in [2.45, 2.75) is 52.5 Å². The van der Waals surface area contributed by atoms with Crippen molar-refractivity contribution in [2.24, 2.45) is 5.92 Å². The SMILES string of the molecule is CCC(C)CNS(=O)(=O)Cc1ccc(CNC(C)C)cc1. The van der Waals surface area contributed by atoms with Gasteiger partial charge in [-0.1, -0.05) is 58.4 Å². The fourth-order valence-corrected chi connectivity index (χ4v) is 3.03. The van der Waals surface area contributed by atoms with Crippen LogP contribution in [0.3, 0.4) is 0 Å². The Balaban J connectivity index is 2.54. The zero-order chi connectivity index (χ0) is 15.9. The largest absolute Gasteiger partial charge is 0.310 e. The lowest BCUT2D eigenvalue weighted by molar-refractivity contribution is 0.528. The first-order chi connectivity index (χ1) is 9.82. The summed E-state index contributed by atoms with van der Waals surface area (Å²) in [7, 11) is -3.24. The van der Waals surface area contributed by atoms with Crippen LogP contribution in [0.1, 0.15) is 45.2 Å². The molecule has 1 unspecified atom stereocenters. The van der Waals surface area contributed by atoms with Gasteiger partial charge >= 0.3 is 0 Å². The van der Waals surface area contributed by atoms with Crippen LogP contribution in [0.15, 0.2) is 24.3 Å². The van der Waals surface area contributed by atoms with Crippen LogP contribution < -0.4 is 10.0 Å². The van der Waals surface area contributed by atoms with Crippen LogP contribution in [0.4, 0.5) is 0 Å². The van der Waals surface area contributed by atoms with Gasteiger partial charge in [-0.15, -0.1) is 0 Å². The van der Waals surface area contributed by atoms with Crippen molar-refractivity contribution in [1.82, 2.24) is 10.0 Å². The molecule has 2 N–H and O–H groups in total. The highest BCUT2D eigenvalue weighted by Crippen LogP contribution is 2.09. The van der Waals surface area contributed by atoms with Gasteiger partial charge in [0.05, 0.1) is 5.75 Å². The standard InChI is InChI=1S/C16H28N2O2S/c1-5-14(4)10-18-21(19,20)12-16-8-6-15(7-9-16)11-17-13(2)3/h6-9,13-14,17-18H,5,10-12H2,1-4H3. The van der Waals surface area contributed by atoms with E-state index in [-0.39, 0.29) is 5.75 Å². The highest BCUT2D eigenvalue weighted by atomic mass is 32.2. The molecule has 0 radical (unpaired) electrons. The van der Waals surface area contributed by atoms with E-state index < -0.39 is 10.0 Å². The molecular weight excluding hydrogens is 284 g/mol. The maximum atomic E-state index is 12.0. The molecule has 120 valence electrons. The van der Waals surface area contributed by atoms with Crippen molar-refractivity contribution in [3.8, 4) is 0 Å². The van der Waals surface area contributed by atoms with Crippen molar-refractivity contribution >= 4 is 10.0 Å². The fourth-order valence-electron chi connectivity index (χ4n) is 1.76. The van der Waals surface area contributed by atoms with Gasteiger partial charge in [0.2, 0.25) is 10.0 Å². The fraction of sp³-hybridized carbons (Fsp3) is 0.625. The Morgan fingerprint density at radius 1 is 1.05 bits per heavy atom. The Hall–Kier alpha value is -0.910. The van der Waals surface area contributed by atoms with E-state index in [4.69, 9.17) is 0 Å². The van der Waals surface area contributed by atoms with E-state index in [9.17, 15) is 8.42 Å². The van der Waals surface area contributed by atoms with E-state index in [1.54, 1.807) is 0 Å². The third kappa shape index (κ3) is 7.60. The second kappa shape index (κ2) is 8.51. The van der Waals surface area contributed by atoms with Gasteiger partial charge in [-0.2, -0.15) is 0 Å². The van der Waals surface area contributed by atoms with E-state index in [0.29, 0.717) is 18.5 Å². The molecule has 0 aliphatic carbocycles. The molecule has 0 aliphatic heterocycles. The smallest absolute Gasteiger partial charge is 0.215 e. The van der Waals surface area contributed by atoms with Crippen LogP contribution in [0.2, 0.25) is 0 Å². The highest BCUT2D eigenvalue weighted by Gasteiger charge is 2.12. The van der Waals surface area contributed by atoms with E-state index in [1.165, 1.54) is 0 Å². The molecule has 0 fully saturated rings. The lowest BCUT2D eigenvalue weighted by Gasteiger charge is -2.11. The molecule has 0 heterocycles. The molecule has 0 saturated carbocycles. The lowest BCUT2D eigenvalue weighted by Crippen LogP contribution is -2.29. The summed E-state index contributed by atoms with van der Waals surface area (Å²) in [5.74, 6) is 0.408. The first kappa shape index (κ1) is 18.1. The molecule has 0 aliphatic rings. The summed E-state index contributed by atoms with van der Waals surface area (Å²) < 4.78 is 26.7. The average Bonchev–Trinajstić information content (AvgIpc) is 2.43. The highest BCUT2D eigenvalue weighted by molar-refractivity contribution is 7.88. The molecule has 1 rings (SSSR count). The maximum Gasteiger partial charge on any atom is 0.215 e. The van der Waals surface area contributed by atoms with Crippen molar-refractivity contribution in [1.29, 1.82) is 0 Å². The zero-order valence-electron chi connectivity index (χ0n) is 13.5. The van der Waals surface area contributed by atoms with Gasteiger partial charge in [-0.05, 0) is 17.0 Å². The van der Waals surface area contributed by atoms with E-state index >= 15 is 0 Å². The summed E-state index contributed by atoms with van der Waals surface area (Å²) in [6.07, 6.45) is 0.972. The summed E-state index contributed by atoms with van der Waals surface area (Å²) in [4.78, 5) is 0. The molecular formula is C16H28N2O2S. The first-order valence-electron chi connectivity index (χ1n) is 7.61. The molecule has 0 aromatic heterocycles. The van der Waals surface area contributed by atoms with Gasteiger partial charge in [-0.3, -0.25) is 0 Å². The topological polar surface area (TPSA) is 58.2 Å². The molecule has 1 aromatic rings. The summed E-state index contributed by atoms with van der Waals surface area (Å²) in [5.41, 5.74) is 1.98. The molecule has 0 saturated heterocycles. The van der Waals surface area contributed by atoms with Crippen LogP contribution in [-0.2, 0) is 22.3 Å². The monoisotopic (exact) mass is 312 g/mol. The number of sulfonamides is 1. The molecule has 21 heavy (non-hydrogen) atoms. The number of nitrogens with one attached hydrogen (secondary N) is 2. The molecule has 5 heteroatoms. The molecule has 1 atom stereocenters. The molecule has 0 spiro atoms. The second-order valence-electron chi connectivity index (χ2n) is 5.97. The lowest BCUT2D eigenvalue weighted by atomic mass is 10.1. The van der Waals surface area contributed by atoms with Gasteiger partial charge in [0.1, 0.15) is 0 Å². The predicted molar refractivity (Wildman–Crippen MR) is 88.5 cm³/mol. The van der Waals surface area contributed by atoms with Gasteiger partial charge in [0, 0.05) is 19.1 Å². The minimum Gasteiger partial charge on any atom is -0.310 e. The third-order valence-electron chi connectivity index (χ3n) is 3.44. The van der Waals surface area contributed by atoms with E-state index in [2.05, 4.69) is 30.8 Å². The Morgan fingerprint density at radius 2 is 1.62 bits per heavy atom. The molecule has 1 aromatic carbocycles. The summed E-state index contributed by atoms with van der Waals surface area (Å²) in [6, 6.07) is 8.18. The Kier molecular flexibility index (Phi) is 7.35. The molecule has 4 nitrogen and oxygen atoms in total. The van der Waals surface area contributed by atoms with Crippen molar-refractivity contribution < 1.29 is 8.42 Å². The zero-order valence-corrected chi connectivity index (χ0v) is 14.3. The number of benzene rings is 1. The van der Waals surface area contributed by atoms with Crippen LogP contribution in [0.5, 0.6) is 0 Å². The second-order valence-corrected chi connectivity index (χ2v) is 7.78. The van der Waals surface area contributed by atoms with Crippen LogP contribution in [-0.4, -0.2) is 21.0 Å². The molecule has 0 amide bonds. The van der Waals surface area contributed by atoms with Crippen LogP contribution in [0, 0.1) is 5.92 Å². The Labute approximate surface area is 129 Å². The maximum absolute atomic E-state index is 12.0. The van der Waals surface area contributed by atoms with E-state index in [0.717, 1.165) is 24.1 Å². The first-order valence-corrected chi connectivity index (χ1v) is 9.26. The van der Waals surface area contributed by atoms with Crippen molar-refractivity contribution in [3.05, 3.63) is 35.4 Å². The van der Waals surface area contributed by atoms with Gasteiger partial charge in [0.25, 0.3) is 0 Å². The number of hydrogen-bond acceptors (Lipinski definition) is 3. The Morgan fingerprint density at radius 3 is 2.14 bits per heavy atom. The summed E-state index contributed by atoms with van der Waals surface area (Å²) >= 11 is 0. The Bertz CT molecular complexity index is 510. The molecule has 0 bridgehead atoms. The van der Waals surface area contributed by atoms with Gasteiger partial charge < -0.3 is 5.32 Å². The van der Waals surface area contributed by atoms with Crippen molar-refractivity contribution in [3.63, 3.8) is 0 Å². The normalized spacial score (nSPS) is 13.6. The van der Waals surface area contributed by atoms with Gasteiger partial charge in [-0.25, -0.2) is 13.1 Å². The van der Waals surface area contributed by atoms with E-state index in [1.807, 2.05) is 31.2 Å². The van der Waals surface area contributed by atoms with Gasteiger partial charge in [0.15, 0.2) is 0 Å². The van der Waals surface area contributed by atoms with Crippen LogP contribution in [0.25, 0.3) is 0 Å². The summed E-state index contributed by atoms with van der Waals surface area (Å²) in [5, 5.41) is 3.34. The average molecular weight is 312 g/mol. The number of hydrogen-bond donors (Lipinski definition) is 2. The minimum absolute atomic E-state index is 0.0430. The third-order valence-corrected chi connectivity index (χ3v) is 4.76. The van der Waals surface area contributed by atoms with Crippen molar-refractivity contribution in [2.75, 3.05) is 6.54 Å². The van der Waals surface area contributed by atoms with Crippen LogP contribution >= 0.6 is 0 Å². The number of rotatable bonds is 9. The minimum atomic E-state index is -3.24. The quantitative estimate of drug-likeness (QED) is 0.737.